The van der Waals surface area contributed by atoms with E-state index in [1.165, 1.54) is 6.92 Å². The fraction of sp³-hybridized carbons (Fsp3) is 0.222. The summed E-state index contributed by atoms with van der Waals surface area (Å²) in [5.41, 5.74) is 6.37. The lowest BCUT2D eigenvalue weighted by Crippen LogP contribution is -1.94. The molecule has 2 aromatic rings. The van der Waals surface area contributed by atoms with E-state index in [1.54, 1.807) is 13.1 Å². The van der Waals surface area contributed by atoms with Crippen LogP contribution in [-0.4, -0.2) is 15.8 Å². The van der Waals surface area contributed by atoms with E-state index in [1.807, 2.05) is 0 Å². The number of carbonyl (C=O) groups is 1. The number of carbonyl (C=O) groups excluding carboxylic acids is 1. The number of aryl methyl sites for hydroxylation is 1. The van der Waals surface area contributed by atoms with Gasteiger partial charge in [0.05, 0.1) is 11.1 Å². The molecule has 0 aliphatic carbocycles. The second-order valence-electron chi connectivity index (χ2n) is 3.04. The Morgan fingerprint density at radius 3 is 2.93 bits per heavy atom. The van der Waals surface area contributed by atoms with Crippen molar-refractivity contribution in [2.45, 2.75) is 13.8 Å². The predicted molar refractivity (Wildman–Crippen MR) is 51.0 cm³/mol. The Hall–Kier alpha value is -1.91. The molecule has 0 bridgehead atoms. The van der Waals surface area contributed by atoms with E-state index < -0.39 is 0 Å². The molecule has 0 aliphatic rings. The van der Waals surface area contributed by atoms with Crippen molar-refractivity contribution in [3.05, 3.63) is 17.8 Å². The Morgan fingerprint density at radius 1 is 1.57 bits per heavy atom. The van der Waals surface area contributed by atoms with Crippen molar-refractivity contribution in [1.29, 1.82) is 0 Å². The molecule has 0 amide bonds. The van der Waals surface area contributed by atoms with Gasteiger partial charge in [0, 0.05) is 13.1 Å². The maximum absolute atomic E-state index is 11.1. The first-order valence-electron chi connectivity index (χ1n) is 4.12. The predicted octanol–water partition coefficient (Wildman–Crippen LogP) is 1.32. The molecule has 0 aliphatic heterocycles. The summed E-state index contributed by atoms with van der Waals surface area (Å²) in [5.74, 6) is 0.527. The fourth-order valence-electron chi connectivity index (χ4n) is 1.25. The zero-order valence-electron chi connectivity index (χ0n) is 7.87. The largest absolute Gasteiger partial charge is 0.432 e. The molecule has 2 rings (SSSR count). The van der Waals surface area contributed by atoms with E-state index in [-0.39, 0.29) is 11.5 Å². The Labute approximate surface area is 79.9 Å². The molecule has 2 heterocycles. The third kappa shape index (κ3) is 1.14. The van der Waals surface area contributed by atoms with Gasteiger partial charge in [-0.15, -0.1) is 0 Å². The summed E-state index contributed by atoms with van der Waals surface area (Å²) in [6, 6.07) is 0. The fourth-order valence-corrected chi connectivity index (χ4v) is 1.25. The highest BCUT2D eigenvalue weighted by atomic mass is 16.4. The van der Waals surface area contributed by atoms with Crippen LogP contribution in [0.5, 0.6) is 0 Å². The van der Waals surface area contributed by atoms with Gasteiger partial charge < -0.3 is 10.2 Å². The van der Waals surface area contributed by atoms with Gasteiger partial charge >= 0.3 is 0 Å². The summed E-state index contributed by atoms with van der Waals surface area (Å²) in [7, 11) is 0. The molecule has 2 aromatic heterocycles. The molecule has 0 saturated heterocycles. The van der Waals surface area contributed by atoms with Crippen LogP contribution in [0.1, 0.15) is 23.3 Å². The van der Waals surface area contributed by atoms with E-state index in [0.717, 1.165) is 0 Å². The average molecular weight is 191 g/mol. The lowest BCUT2D eigenvalue weighted by molar-refractivity contribution is 0.0990. The van der Waals surface area contributed by atoms with Gasteiger partial charge in [-0.2, -0.15) is 4.98 Å². The topological polar surface area (TPSA) is 82.0 Å². The third-order valence-corrected chi connectivity index (χ3v) is 1.93. The summed E-state index contributed by atoms with van der Waals surface area (Å²) >= 11 is 0. The maximum atomic E-state index is 11.1. The molecule has 0 saturated carbocycles. The quantitative estimate of drug-likeness (QED) is 0.687. The molecule has 0 fully saturated rings. The number of nitrogens with zero attached hydrogens (tertiary/aromatic N) is 2. The van der Waals surface area contributed by atoms with Crippen LogP contribution in [0.15, 0.2) is 10.6 Å². The van der Waals surface area contributed by atoms with E-state index in [4.69, 9.17) is 10.2 Å². The van der Waals surface area contributed by atoms with E-state index >= 15 is 0 Å². The minimum atomic E-state index is -0.210. The molecule has 14 heavy (non-hydrogen) atoms. The van der Waals surface area contributed by atoms with Gasteiger partial charge in [0.1, 0.15) is 5.82 Å². The maximum Gasteiger partial charge on any atom is 0.232 e. The van der Waals surface area contributed by atoms with Crippen LogP contribution in [0.4, 0.5) is 5.69 Å². The van der Waals surface area contributed by atoms with Gasteiger partial charge in [0.15, 0.2) is 11.5 Å². The highest BCUT2D eigenvalue weighted by molar-refractivity contribution is 6.04. The first-order chi connectivity index (χ1) is 6.59. The zero-order chi connectivity index (χ0) is 10.3. The third-order valence-electron chi connectivity index (χ3n) is 1.93. The lowest BCUT2D eigenvalue weighted by atomic mass is 10.2. The van der Waals surface area contributed by atoms with Crippen LogP contribution in [-0.2, 0) is 0 Å². The van der Waals surface area contributed by atoms with Crippen molar-refractivity contribution in [1.82, 2.24) is 9.97 Å². The first-order valence-corrected chi connectivity index (χ1v) is 4.12. The molecule has 5 nitrogen and oxygen atoms in total. The number of anilines is 1. The standard InChI is InChI=1S/C9H9N3O2/c1-4(13)8-7(10)6-3-11-5(2)12-9(6)14-8/h3H,10H2,1-2H3. The van der Waals surface area contributed by atoms with Crippen molar-refractivity contribution in [3.8, 4) is 0 Å². The van der Waals surface area contributed by atoms with Crippen molar-refractivity contribution in [3.63, 3.8) is 0 Å². The molecule has 0 radical (unpaired) electrons. The van der Waals surface area contributed by atoms with Crippen molar-refractivity contribution < 1.29 is 9.21 Å². The van der Waals surface area contributed by atoms with Gasteiger partial charge in [-0.25, -0.2) is 4.98 Å². The summed E-state index contributed by atoms with van der Waals surface area (Å²) in [5, 5.41) is 0.584. The second-order valence-corrected chi connectivity index (χ2v) is 3.04. The van der Waals surface area contributed by atoms with Crippen molar-refractivity contribution in [2.75, 3.05) is 5.73 Å². The molecule has 72 valence electrons. The number of fused-ring (bicyclic) bond motifs is 1. The normalized spacial score (nSPS) is 10.7. The number of hydrogen-bond donors (Lipinski definition) is 1. The number of aromatic nitrogens is 2. The van der Waals surface area contributed by atoms with Gasteiger partial charge in [-0.3, -0.25) is 4.79 Å². The average Bonchev–Trinajstić information content (AvgIpc) is 2.43. The van der Waals surface area contributed by atoms with Crippen molar-refractivity contribution >= 4 is 22.6 Å². The lowest BCUT2D eigenvalue weighted by Gasteiger charge is -1.89. The molecule has 5 heteroatoms. The van der Waals surface area contributed by atoms with Crippen LogP contribution in [0.25, 0.3) is 11.1 Å². The van der Waals surface area contributed by atoms with Gasteiger partial charge in [0.2, 0.25) is 5.71 Å². The Balaban J connectivity index is 2.79. The van der Waals surface area contributed by atoms with E-state index in [0.29, 0.717) is 22.6 Å². The van der Waals surface area contributed by atoms with Crippen LogP contribution in [0.3, 0.4) is 0 Å². The number of hydrogen-bond acceptors (Lipinski definition) is 5. The summed E-state index contributed by atoms with van der Waals surface area (Å²) < 4.78 is 5.22. The van der Waals surface area contributed by atoms with Crippen LogP contribution >= 0.6 is 0 Å². The Morgan fingerprint density at radius 2 is 2.29 bits per heavy atom. The first kappa shape index (κ1) is 8.68. The molecule has 0 unspecified atom stereocenters. The SMILES string of the molecule is CC(=O)c1oc2nc(C)ncc2c1N. The number of nitrogens with two attached hydrogens (primary N) is 1. The van der Waals surface area contributed by atoms with Crippen molar-refractivity contribution in [2.24, 2.45) is 0 Å². The highest BCUT2D eigenvalue weighted by Gasteiger charge is 2.16. The molecular formula is C9H9N3O2. The number of rotatable bonds is 1. The van der Waals surface area contributed by atoms with Crippen LogP contribution in [0.2, 0.25) is 0 Å². The Bertz CT molecular complexity index is 516. The number of Topliss-reactive ketones (excluding diaryl/α,β-unsaturated/α-hetero) is 1. The van der Waals surface area contributed by atoms with E-state index in [2.05, 4.69) is 9.97 Å². The smallest absolute Gasteiger partial charge is 0.232 e. The zero-order valence-corrected chi connectivity index (χ0v) is 7.87. The molecule has 0 atom stereocenters. The van der Waals surface area contributed by atoms with Gasteiger partial charge in [0.25, 0.3) is 0 Å². The minimum absolute atomic E-state index is 0.153. The minimum Gasteiger partial charge on any atom is -0.432 e. The molecule has 0 aromatic carbocycles. The molecule has 0 spiro atoms. The molecule has 2 N–H and O–H groups in total. The Kier molecular flexibility index (Phi) is 1.73. The monoisotopic (exact) mass is 191 g/mol. The van der Waals surface area contributed by atoms with Crippen LogP contribution < -0.4 is 5.73 Å². The molecular weight excluding hydrogens is 182 g/mol. The highest BCUT2D eigenvalue weighted by Crippen LogP contribution is 2.26. The number of furan rings is 1. The summed E-state index contributed by atoms with van der Waals surface area (Å²) in [6.45, 7) is 3.14. The van der Waals surface area contributed by atoms with E-state index in [9.17, 15) is 4.79 Å². The summed E-state index contributed by atoms with van der Waals surface area (Å²) in [6.07, 6.45) is 1.56. The number of nitrogen functional groups attached to an aromatic ring is 1. The van der Waals surface area contributed by atoms with Crippen LogP contribution in [0, 0.1) is 6.92 Å². The van der Waals surface area contributed by atoms with Gasteiger partial charge in [-0.1, -0.05) is 0 Å². The second kappa shape index (κ2) is 2.80. The van der Waals surface area contributed by atoms with Gasteiger partial charge in [-0.05, 0) is 6.92 Å². The number of ketones is 1. The summed E-state index contributed by atoms with van der Waals surface area (Å²) in [4.78, 5) is 19.1.